The van der Waals surface area contributed by atoms with Crippen molar-refractivity contribution < 1.29 is 9.90 Å². The Kier molecular flexibility index (Phi) is 4.79. The lowest BCUT2D eigenvalue weighted by atomic mass is 10.2. The molecule has 0 aliphatic rings. The SMILES string of the molecule is CC(=O)NC(C)CNCc1ccc(O)cc1. The Labute approximate surface area is 95.7 Å². The van der Waals surface area contributed by atoms with Crippen molar-refractivity contribution in [1.82, 2.24) is 10.6 Å². The molecule has 0 saturated heterocycles. The van der Waals surface area contributed by atoms with Gasteiger partial charge in [0.25, 0.3) is 0 Å². The van der Waals surface area contributed by atoms with Crippen molar-refractivity contribution in [3.8, 4) is 5.75 Å². The number of nitrogens with one attached hydrogen (secondary N) is 2. The minimum absolute atomic E-state index is 0.0149. The molecule has 1 unspecified atom stereocenters. The van der Waals surface area contributed by atoms with E-state index < -0.39 is 0 Å². The van der Waals surface area contributed by atoms with Crippen LogP contribution in [0.25, 0.3) is 0 Å². The summed E-state index contributed by atoms with van der Waals surface area (Å²) in [6.07, 6.45) is 0. The number of phenolic OH excluding ortho intramolecular Hbond substituents is 1. The van der Waals surface area contributed by atoms with E-state index in [1.165, 1.54) is 6.92 Å². The highest BCUT2D eigenvalue weighted by Crippen LogP contribution is 2.08. The summed E-state index contributed by atoms with van der Waals surface area (Å²) in [6, 6.07) is 7.17. The highest BCUT2D eigenvalue weighted by atomic mass is 16.3. The van der Waals surface area contributed by atoms with Gasteiger partial charge in [-0.3, -0.25) is 4.79 Å². The summed E-state index contributed by atoms with van der Waals surface area (Å²) < 4.78 is 0. The van der Waals surface area contributed by atoms with Crippen LogP contribution in [0.15, 0.2) is 24.3 Å². The Morgan fingerprint density at radius 3 is 2.56 bits per heavy atom. The molecule has 0 aromatic heterocycles. The summed E-state index contributed by atoms with van der Waals surface area (Å²) in [7, 11) is 0. The number of benzene rings is 1. The van der Waals surface area contributed by atoms with Crippen molar-refractivity contribution in [3.05, 3.63) is 29.8 Å². The zero-order valence-electron chi connectivity index (χ0n) is 9.66. The molecule has 0 bridgehead atoms. The molecule has 1 amide bonds. The third-order valence-corrected chi connectivity index (χ3v) is 2.17. The zero-order valence-corrected chi connectivity index (χ0v) is 9.66. The lowest BCUT2D eigenvalue weighted by Crippen LogP contribution is -2.38. The molecule has 4 nitrogen and oxygen atoms in total. The van der Waals surface area contributed by atoms with Crippen LogP contribution >= 0.6 is 0 Å². The fourth-order valence-corrected chi connectivity index (χ4v) is 1.44. The van der Waals surface area contributed by atoms with Gasteiger partial charge in [-0.05, 0) is 24.6 Å². The molecule has 1 atom stereocenters. The summed E-state index contributed by atoms with van der Waals surface area (Å²) in [4.78, 5) is 10.8. The number of hydrogen-bond acceptors (Lipinski definition) is 3. The van der Waals surface area contributed by atoms with E-state index in [1.807, 2.05) is 19.1 Å². The predicted octanol–water partition coefficient (Wildman–Crippen LogP) is 1.01. The van der Waals surface area contributed by atoms with Crippen molar-refractivity contribution in [2.75, 3.05) is 6.54 Å². The second kappa shape index (κ2) is 6.12. The number of rotatable bonds is 5. The standard InChI is InChI=1S/C12H18N2O2/c1-9(14-10(2)15)7-13-8-11-3-5-12(16)6-4-11/h3-6,9,13,16H,7-8H2,1-2H3,(H,14,15). The van der Waals surface area contributed by atoms with Gasteiger partial charge in [0.1, 0.15) is 5.75 Å². The molecule has 0 fully saturated rings. The fraction of sp³-hybridized carbons (Fsp3) is 0.417. The third kappa shape index (κ3) is 4.79. The summed E-state index contributed by atoms with van der Waals surface area (Å²) >= 11 is 0. The first kappa shape index (κ1) is 12.5. The van der Waals surface area contributed by atoms with Crippen LogP contribution in [0.3, 0.4) is 0 Å². The van der Waals surface area contributed by atoms with E-state index in [0.29, 0.717) is 0 Å². The van der Waals surface area contributed by atoms with Gasteiger partial charge in [0.2, 0.25) is 5.91 Å². The third-order valence-electron chi connectivity index (χ3n) is 2.17. The van der Waals surface area contributed by atoms with Gasteiger partial charge in [-0.1, -0.05) is 12.1 Å². The van der Waals surface area contributed by atoms with Gasteiger partial charge in [-0.2, -0.15) is 0 Å². The van der Waals surface area contributed by atoms with Gasteiger partial charge in [0, 0.05) is 26.1 Å². The van der Waals surface area contributed by atoms with Crippen molar-refractivity contribution in [2.24, 2.45) is 0 Å². The zero-order chi connectivity index (χ0) is 12.0. The number of amides is 1. The molecule has 4 heteroatoms. The van der Waals surface area contributed by atoms with E-state index in [1.54, 1.807) is 12.1 Å². The summed E-state index contributed by atoms with van der Waals surface area (Å²) in [5.41, 5.74) is 1.10. The molecule has 0 aliphatic carbocycles. The molecule has 0 spiro atoms. The molecule has 0 aliphatic heterocycles. The van der Waals surface area contributed by atoms with Gasteiger partial charge in [0.15, 0.2) is 0 Å². The topological polar surface area (TPSA) is 61.4 Å². The Morgan fingerprint density at radius 1 is 1.38 bits per heavy atom. The molecule has 88 valence electrons. The molecule has 16 heavy (non-hydrogen) atoms. The molecule has 3 N–H and O–H groups in total. The first-order chi connectivity index (χ1) is 7.58. The van der Waals surface area contributed by atoms with Crippen LogP contribution in [0.4, 0.5) is 0 Å². The lowest BCUT2D eigenvalue weighted by molar-refractivity contribution is -0.119. The number of aromatic hydroxyl groups is 1. The van der Waals surface area contributed by atoms with E-state index in [4.69, 9.17) is 5.11 Å². The molecule has 1 rings (SSSR count). The summed E-state index contributed by atoms with van der Waals surface area (Å²) in [5.74, 6) is 0.259. The summed E-state index contributed by atoms with van der Waals surface area (Å²) in [5, 5.41) is 15.1. The highest BCUT2D eigenvalue weighted by Gasteiger charge is 2.02. The van der Waals surface area contributed by atoms with Crippen LogP contribution in [0.5, 0.6) is 5.75 Å². The largest absolute Gasteiger partial charge is 0.508 e. The maximum Gasteiger partial charge on any atom is 0.217 e. The molecular weight excluding hydrogens is 204 g/mol. The number of hydrogen-bond donors (Lipinski definition) is 3. The van der Waals surface area contributed by atoms with E-state index in [0.717, 1.165) is 18.7 Å². The second-order valence-corrected chi connectivity index (χ2v) is 3.90. The number of phenols is 1. The quantitative estimate of drug-likeness (QED) is 0.696. The molecule has 1 aromatic rings. The van der Waals surface area contributed by atoms with Crippen LogP contribution in [0.2, 0.25) is 0 Å². The molecule has 0 radical (unpaired) electrons. The Morgan fingerprint density at radius 2 is 2.00 bits per heavy atom. The fourth-order valence-electron chi connectivity index (χ4n) is 1.44. The van der Waals surface area contributed by atoms with E-state index >= 15 is 0 Å². The van der Waals surface area contributed by atoms with E-state index in [2.05, 4.69) is 10.6 Å². The maximum absolute atomic E-state index is 10.8. The van der Waals surface area contributed by atoms with Crippen molar-refractivity contribution >= 4 is 5.91 Å². The number of carbonyl (C=O) groups excluding carboxylic acids is 1. The van der Waals surface area contributed by atoms with Crippen molar-refractivity contribution in [1.29, 1.82) is 0 Å². The predicted molar refractivity (Wildman–Crippen MR) is 63.1 cm³/mol. The maximum atomic E-state index is 10.8. The Hall–Kier alpha value is -1.55. The molecule has 0 heterocycles. The minimum Gasteiger partial charge on any atom is -0.508 e. The van der Waals surface area contributed by atoms with Crippen LogP contribution in [0, 0.1) is 0 Å². The molecule has 1 aromatic carbocycles. The van der Waals surface area contributed by atoms with Gasteiger partial charge in [-0.25, -0.2) is 0 Å². The Balaban J connectivity index is 2.25. The normalized spacial score (nSPS) is 12.1. The lowest BCUT2D eigenvalue weighted by Gasteiger charge is -2.13. The van der Waals surface area contributed by atoms with Crippen molar-refractivity contribution in [2.45, 2.75) is 26.4 Å². The van der Waals surface area contributed by atoms with Crippen LogP contribution in [-0.2, 0) is 11.3 Å². The first-order valence-corrected chi connectivity index (χ1v) is 5.33. The van der Waals surface area contributed by atoms with Crippen LogP contribution in [-0.4, -0.2) is 23.6 Å². The van der Waals surface area contributed by atoms with Gasteiger partial charge < -0.3 is 15.7 Å². The van der Waals surface area contributed by atoms with Crippen LogP contribution in [0.1, 0.15) is 19.4 Å². The van der Waals surface area contributed by atoms with Gasteiger partial charge >= 0.3 is 0 Å². The Bertz CT molecular complexity index is 335. The highest BCUT2D eigenvalue weighted by molar-refractivity contribution is 5.73. The van der Waals surface area contributed by atoms with Crippen LogP contribution < -0.4 is 10.6 Å². The molecular formula is C12H18N2O2. The molecule has 0 saturated carbocycles. The van der Waals surface area contributed by atoms with Gasteiger partial charge in [0.05, 0.1) is 0 Å². The monoisotopic (exact) mass is 222 g/mol. The second-order valence-electron chi connectivity index (χ2n) is 3.90. The van der Waals surface area contributed by atoms with E-state index in [9.17, 15) is 4.79 Å². The minimum atomic E-state index is -0.0149. The average molecular weight is 222 g/mol. The van der Waals surface area contributed by atoms with E-state index in [-0.39, 0.29) is 17.7 Å². The van der Waals surface area contributed by atoms with Crippen molar-refractivity contribution in [3.63, 3.8) is 0 Å². The first-order valence-electron chi connectivity index (χ1n) is 5.33. The van der Waals surface area contributed by atoms with Gasteiger partial charge in [-0.15, -0.1) is 0 Å². The number of carbonyl (C=O) groups is 1. The smallest absolute Gasteiger partial charge is 0.217 e. The average Bonchev–Trinajstić information content (AvgIpc) is 2.20. The summed E-state index contributed by atoms with van der Waals surface area (Å²) in [6.45, 7) is 4.91.